The first-order chi connectivity index (χ1) is 13.0. The molecule has 0 aromatic heterocycles. The van der Waals surface area contributed by atoms with Crippen molar-refractivity contribution in [3.05, 3.63) is 29.3 Å². The van der Waals surface area contributed by atoms with Gasteiger partial charge in [-0.1, -0.05) is 6.07 Å². The van der Waals surface area contributed by atoms with Gasteiger partial charge in [-0.05, 0) is 39.3 Å². The van der Waals surface area contributed by atoms with Crippen molar-refractivity contribution in [1.82, 2.24) is 5.43 Å². The molecule has 7 nitrogen and oxygen atoms in total. The van der Waals surface area contributed by atoms with Crippen molar-refractivity contribution in [1.29, 1.82) is 0 Å². The predicted octanol–water partition coefficient (Wildman–Crippen LogP) is 3.68. The zero-order valence-electron chi connectivity index (χ0n) is 15.8. The Balaban J connectivity index is 2.04. The number of rotatable bonds is 6. The smallest absolute Gasteiger partial charge is 0.428 e. The number of esters is 1. The summed E-state index contributed by atoms with van der Waals surface area (Å²) in [5.41, 5.74) is 0.842. The Kier molecular flexibility index (Phi) is 6.52. The van der Waals surface area contributed by atoms with Crippen LogP contribution in [0.4, 0.5) is 23.7 Å². The summed E-state index contributed by atoms with van der Waals surface area (Å²) in [5.74, 6) is -0.405. The summed E-state index contributed by atoms with van der Waals surface area (Å²) in [6.45, 7) is 5.18. The number of benzene rings is 1. The van der Waals surface area contributed by atoms with Gasteiger partial charge in [0, 0.05) is 24.2 Å². The fraction of sp³-hybridized carbons (Fsp3) is 0.500. The van der Waals surface area contributed by atoms with Crippen molar-refractivity contribution in [2.45, 2.75) is 45.4 Å². The third-order valence-corrected chi connectivity index (χ3v) is 3.57. The monoisotopic (exact) mass is 401 g/mol. The number of nitrogens with zero attached hydrogens (tertiary/aromatic N) is 1. The second kappa shape index (κ2) is 8.49. The standard InChI is InChI=1S/C18H22F3N3O4/c1-17(2,3)28-15(25)5-4-8-22-13-7-6-11(9-12(13)18(19,20)21)14-10-27-16(26)24-23-14/h6-7,9,22H,4-5,8,10H2,1-3H3,(H,24,26). The number of hydrogen-bond acceptors (Lipinski definition) is 6. The molecule has 1 heterocycles. The van der Waals surface area contributed by atoms with Crippen LogP contribution >= 0.6 is 0 Å². The van der Waals surface area contributed by atoms with E-state index in [0.717, 1.165) is 6.07 Å². The Morgan fingerprint density at radius 1 is 1.32 bits per heavy atom. The van der Waals surface area contributed by atoms with E-state index in [1.807, 2.05) is 0 Å². The molecule has 0 bridgehead atoms. The normalized spacial score (nSPS) is 14.6. The largest absolute Gasteiger partial charge is 0.460 e. The molecule has 0 aliphatic carbocycles. The highest BCUT2D eigenvalue weighted by molar-refractivity contribution is 6.04. The molecule has 0 saturated carbocycles. The molecule has 1 aromatic rings. The summed E-state index contributed by atoms with van der Waals surface area (Å²) in [5, 5.41) is 6.42. The number of hydrogen-bond donors (Lipinski definition) is 2. The summed E-state index contributed by atoms with van der Waals surface area (Å²) >= 11 is 0. The molecular formula is C18H22F3N3O4. The lowest BCUT2D eigenvalue weighted by atomic mass is 10.0. The van der Waals surface area contributed by atoms with Crippen LogP contribution in [0.2, 0.25) is 0 Å². The first kappa shape index (κ1) is 21.5. The molecule has 10 heteroatoms. The molecule has 2 rings (SSSR count). The molecule has 1 aromatic carbocycles. The van der Waals surface area contributed by atoms with E-state index in [2.05, 4.69) is 15.8 Å². The number of nitrogens with one attached hydrogen (secondary N) is 2. The van der Waals surface area contributed by atoms with Crippen LogP contribution in [0.5, 0.6) is 0 Å². The third-order valence-electron chi connectivity index (χ3n) is 3.57. The maximum absolute atomic E-state index is 13.4. The van der Waals surface area contributed by atoms with Gasteiger partial charge in [-0.25, -0.2) is 10.2 Å². The minimum absolute atomic E-state index is 0.0948. The first-order valence-electron chi connectivity index (χ1n) is 8.62. The third kappa shape index (κ3) is 6.43. The van der Waals surface area contributed by atoms with Crippen molar-refractivity contribution in [3.8, 4) is 0 Å². The van der Waals surface area contributed by atoms with Gasteiger partial charge in [-0.2, -0.15) is 18.3 Å². The number of cyclic esters (lactones) is 1. The van der Waals surface area contributed by atoms with Crippen molar-refractivity contribution < 1.29 is 32.2 Å². The fourth-order valence-electron chi connectivity index (χ4n) is 2.42. The van der Waals surface area contributed by atoms with Crippen LogP contribution in [0.3, 0.4) is 0 Å². The summed E-state index contributed by atoms with van der Waals surface area (Å²) in [7, 11) is 0. The van der Waals surface area contributed by atoms with Crippen molar-refractivity contribution in [2.75, 3.05) is 18.5 Å². The van der Waals surface area contributed by atoms with Crippen LogP contribution in [0, 0.1) is 0 Å². The van der Waals surface area contributed by atoms with Crippen LogP contribution in [0.15, 0.2) is 23.3 Å². The fourth-order valence-corrected chi connectivity index (χ4v) is 2.42. The number of hydrazone groups is 1. The predicted molar refractivity (Wildman–Crippen MR) is 96.0 cm³/mol. The lowest BCUT2D eigenvalue weighted by Crippen LogP contribution is -2.30. The van der Waals surface area contributed by atoms with Crippen LogP contribution < -0.4 is 10.7 Å². The van der Waals surface area contributed by atoms with Crippen molar-refractivity contribution in [3.63, 3.8) is 0 Å². The number of amides is 1. The van der Waals surface area contributed by atoms with Crippen LogP contribution in [-0.2, 0) is 20.4 Å². The van der Waals surface area contributed by atoms with E-state index < -0.39 is 29.4 Å². The van der Waals surface area contributed by atoms with Crippen LogP contribution in [0.25, 0.3) is 0 Å². The minimum Gasteiger partial charge on any atom is -0.460 e. The summed E-state index contributed by atoms with van der Waals surface area (Å²) in [6.07, 6.45) is -4.94. The van der Waals surface area contributed by atoms with Gasteiger partial charge < -0.3 is 14.8 Å². The molecule has 0 spiro atoms. The Morgan fingerprint density at radius 3 is 2.61 bits per heavy atom. The number of ether oxygens (including phenoxy) is 2. The van der Waals surface area contributed by atoms with E-state index in [4.69, 9.17) is 9.47 Å². The SMILES string of the molecule is CC(C)(C)OC(=O)CCCNc1ccc(C2=NNC(=O)OC2)cc1C(F)(F)F. The highest BCUT2D eigenvalue weighted by Crippen LogP contribution is 2.35. The highest BCUT2D eigenvalue weighted by atomic mass is 19.4. The second-order valence-corrected chi connectivity index (χ2v) is 7.12. The van der Waals surface area contributed by atoms with E-state index in [-0.39, 0.29) is 36.5 Å². The Hall–Kier alpha value is -2.78. The van der Waals surface area contributed by atoms with E-state index in [1.165, 1.54) is 12.1 Å². The molecule has 1 amide bonds. The van der Waals surface area contributed by atoms with E-state index in [1.54, 1.807) is 20.8 Å². The van der Waals surface area contributed by atoms with Gasteiger partial charge in [0.05, 0.1) is 5.56 Å². The molecule has 2 N–H and O–H groups in total. The van der Waals surface area contributed by atoms with Gasteiger partial charge in [0.1, 0.15) is 17.9 Å². The zero-order valence-corrected chi connectivity index (χ0v) is 15.8. The molecule has 0 fully saturated rings. The molecule has 0 radical (unpaired) electrons. The molecule has 28 heavy (non-hydrogen) atoms. The lowest BCUT2D eigenvalue weighted by Gasteiger charge is -2.20. The number of anilines is 1. The van der Waals surface area contributed by atoms with Crippen molar-refractivity contribution in [2.24, 2.45) is 5.10 Å². The van der Waals surface area contributed by atoms with Gasteiger partial charge in [0.2, 0.25) is 0 Å². The molecule has 0 saturated heterocycles. The summed E-state index contributed by atoms with van der Waals surface area (Å²) in [4.78, 5) is 22.6. The number of halogens is 3. The molecule has 0 atom stereocenters. The van der Waals surface area contributed by atoms with E-state index in [9.17, 15) is 22.8 Å². The van der Waals surface area contributed by atoms with Crippen LogP contribution in [-0.4, -0.2) is 36.5 Å². The molecule has 1 aliphatic heterocycles. The highest BCUT2D eigenvalue weighted by Gasteiger charge is 2.34. The second-order valence-electron chi connectivity index (χ2n) is 7.12. The van der Waals surface area contributed by atoms with Gasteiger partial charge in [-0.15, -0.1) is 0 Å². The number of alkyl halides is 3. The van der Waals surface area contributed by atoms with E-state index >= 15 is 0 Å². The number of carbonyl (C=O) groups is 2. The molecule has 1 aliphatic rings. The van der Waals surface area contributed by atoms with Gasteiger partial charge in [0.25, 0.3) is 0 Å². The zero-order chi connectivity index (χ0) is 20.9. The Morgan fingerprint density at radius 2 is 2.04 bits per heavy atom. The van der Waals surface area contributed by atoms with Crippen molar-refractivity contribution >= 4 is 23.5 Å². The minimum atomic E-state index is -4.59. The maximum Gasteiger partial charge on any atom is 0.428 e. The maximum atomic E-state index is 13.4. The summed E-state index contributed by atoms with van der Waals surface area (Å²) in [6, 6.07) is 3.67. The van der Waals surface area contributed by atoms with Gasteiger partial charge in [0.15, 0.2) is 0 Å². The number of carbonyl (C=O) groups excluding carboxylic acids is 2. The Bertz CT molecular complexity index is 770. The lowest BCUT2D eigenvalue weighted by molar-refractivity contribution is -0.154. The average Bonchev–Trinajstić information content (AvgIpc) is 2.57. The average molecular weight is 401 g/mol. The molecular weight excluding hydrogens is 379 g/mol. The van der Waals surface area contributed by atoms with E-state index in [0.29, 0.717) is 6.42 Å². The molecule has 0 unspecified atom stereocenters. The van der Waals surface area contributed by atoms with Gasteiger partial charge >= 0.3 is 18.2 Å². The summed E-state index contributed by atoms with van der Waals surface area (Å²) < 4.78 is 50.1. The molecule has 154 valence electrons. The Labute approximate surface area is 160 Å². The van der Waals surface area contributed by atoms with Crippen LogP contribution in [0.1, 0.15) is 44.7 Å². The van der Waals surface area contributed by atoms with Gasteiger partial charge in [-0.3, -0.25) is 4.79 Å². The quantitative estimate of drug-likeness (QED) is 0.561. The first-order valence-corrected chi connectivity index (χ1v) is 8.62. The topological polar surface area (TPSA) is 89.0 Å².